The molecule has 30 heavy (non-hydrogen) atoms. The predicted octanol–water partition coefficient (Wildman–Crippen LogP) is 4.17. The van der Waals surface area contributed by atoms with Crippen LogP contribution in [0.25, 0.3) is 0 Å². The molecule has 0 radical (unpaired) electrons. The van der Waals surface area contributed by atoms with Crippen molar-refractivity contribution < 1.29 is 37.3 Å². The third-order valence-corrected chi connectivity index (χ3v) is 4.00. The number of carboxylic acids is 1. The molecule has 154 valence electrons. The molecule has 1 aliphatic rings. The van der Waals surface area contributed by atoms with Crippen molar-refractivity contribution in [3.63, 3.8) is 0 Å². The lowest BCUT2D eigenvalue weighted by Crippen LogP contribution is -2.43. The number of carbonyl (C=O) groups is 2. The summed E-state index contributed by atoms with van der Waals surface area (Å²) in [6.07, 6.45) is -3.54. The van der Waals surface area contributed by atoms with E-state index in [1.165, 1.54) is 0 Å². The smallest absolute Gasteiger partial charge is 0.475 e. The zero-order valence-electron chi connectivity index (χ0n) is 15.2. The quantitative estimate of drug-likeness (QED) is 0.630. The molecule has 0 bridgehead atoms. The van der Waals surface area contributed by atoms with Gasteiger partial charge >= 0.3 is 23.9 Å². The van der Waals surface area contributed by atoms with E-state index in [9.17, 15) is 18.0 Å². The van der Waals surface area contributed by atoms with Crippen molar-refractivity contribution in [2.24, 2.45) is 0 Å². The summed E-state index contributed by atoms with van der Waals surface area (Å²) >= 11 is 0. The monoisotopic (exact) mass is 417 g/mol. The lowest BCUT2D eigenvalue weighted by Gasteiger charge is -2.37. The Morgan fingerprint density at radius 1 is 0.867 bits per heavy atom. The highest BCUT2D eigenvalue weighted by Gasteiger charge is 2.46. The molecule has 2 aromatic carbocycles. The topological polar surface area (TPSA) is 85.7 Å². The van der Waals surface area contributed by atoms with Gasteiger partial charge in [0, 0.05) is 17.3 Å². The number of halogens is 3. The van der Waals surface area contributed by atoms with Gasteiger partial charge in [-0.25, -0.2) is 14.6 Å². The molecule has 0 unspecified atom stereocenters. The SMILES string of the molecule is O=C(O)C(F)(F)F.O=C1OC(c2ccccc2)(c2ccccc2)Oc2cccnc21. The summed E-state index contributed by atoms with van der Waals surface area (Å²) in [7, 11) is 0. The minimum absolute atomic E-state index is 0.190. The first kappa shape index (κ1) is 20.8. The molecule has 4 rings (SSSR count). The Hall–Kier alpha value is -3.88. The van der Waals surface area contributed by atoms with Gasteiger partial charge < -0.3 is 14.6 Å². The first-order valence-corrected chi connectivity index (χ1v) is 8.52. The van der Waals surface area contributed by atoms with Crippen LogP contribution >= 0.6 is 0 Å². The van der Waals surface area contributed by atoms with Crippen LogP contribution in [0.1, 0.15) is 21.6 Å². The number of aliphatic carboxylic acids is 1. The van der Waals surface area contributed by atoms with Crippen molar-refractivity contribution in [1.29, 1.82) is 0 Å². The summed E-state index contributed by atoms with van der Waals surface area (Å²) in [5.74, 6) is -4.15. The Morgan fingerprint density at radius 3 is 1.83 bits per heavy atom. The fraction of sp³-hybridized carbons (Fsp3) is 0.0952. The number of carbonyl (C=O) groups excluding carboxylic acids is 1. The Balaban J connectivity index is 0.000000318. The number of aromatic nitrogens is 1. The van der Waals surface area contributed by atoms with Crippen LogP contribution in [0.15, 0.2) is 79.0 Å². The van der Waals surface area contributed by atoms with Crippen molar-refractivity contribution in [3.8, 4) is 5.75 Å². The van der Waals surface area contributed by atoms with Gasteiger partial charge in [0.15, 0.2) is 11.4 Å². The molecule has 0 spiro atoms. The van der Waals surface area contributed by atoms with E-state index in [2.05, 4.69) is 4.98 Å². The van der Waals surface area contributed by atoms with E-state index in [0.717, 1.165) is 11.1 Å². The van der Waals surface area contributed by atoms with Gasteiger partial charge in [0.05, 0.1) is 0 Å². The lowest BCUT2D eigenvalue weighted by molar-refractivity contribution is -0.192. The number of esters is 1. The van der Waals surface area contributed by atoms with E-state index in [-0.39, 0.29) is 5.69 Å². The van der Waals surface area contributed by atoms with Gasteiger partial charge in [0.2, 0.25) is 0 Å². The summed E-state index contributed by atoms with van der Waals surface area (Å²) in [5, 5.41) is 7.12. The molecule has 1 aliphatic heterocycles. The van der Waals surface area contributed by atoms with E-state index >= 15 is 0 Å². The van der Waals surface area contributed by atoms with Gasteiger partial charge in [-0.15, -0.1) is 0 Å². The first-order valence-electron chi connectivity index (χ1n) is 8.52. The van der Waals surface area contributed by atoms with Crippen LogP contribution in [0.3, 0.4) is 0 Å². The van der Waals surface area contributed by atoms with E-state index in [1.807, 2.05) is 60.7 Å². The molecule has 9 heteroatoms. The standard InChI is InChI=1S/C19H13NO3.C2HF3O2/c21-18-17-16(12-7-13-20-17)22-19(23-18,14-8-3-1-4-9-14)15-10-5-2-6-11-15;3-2(4,5)1(6)7/h1-13H;(H,6,7). The Bertz CT molecular complexity index is 1000. The summed E-state index contributed by atoms with van der Waals surface area (Å²) < 4.78 is 43.6. The van der Waals surface area contributed by atoms with Crippen LogP contribution in [-0.2, 0) is 15.3 Å². The van der Waals surface area contributed by atoms with Gasteiger partial charge in [0.1, 0.15) is 0 Å². The Labute approximate surface area is 168 Å². The minimum Gasteiger partial charge on any atom is -0.475 e. The van der Waals surface area contributed by atoms with Gasteiger partial charge in [-0.2, -0.15) is 13.2 Å². The molecule has 0 saturated heterocycles. The minimum atomic E-state index is -5.08. The van der Waals surface area contributed by atoms with Gasteiger partial charge in [-0.3, -0.25) is 0 Å². The molecule has 0 atom stereocenters. The van der Waals surface area contributed by atoms with Crippen LogP contribution in [-0.4, -0.2) is 28.2 Å². The first-order chi connectivity index (χ1) is 14.2. The second-order valence-electron chi connectivity index (χ2n) is 5.99. The van der Waals surface area contributed by atoms with E-state index in [1.54, 1.807) is 18.3 Å². The average Bonchev–Trinajstić information content (AvgIpc) is 2.75. The van der Waals surface area contributed by atoms with Crippen LogP contribution in [0, 0.1) is 0 Å². The van der Waals surface area contributed by atoms with Crippen molar-refractivity contribution in [2.45, 2.75) is 12.0 Å². The molecule has 3 aromatic rings. The third kappa shape index (κ3) is 4.24. The number of alkyl halides is 3. The number of benzene rings is 2. The molecule has 0 fully saturated rings. The van der Waals surface area contributed by atoms with Crippen molar-refractivity contribution in [3.05, 3.63) is 95.8 Å². The van der Waals surface area contributed by atoms with E-state index in [0.29, 0.717) is 5.75 Å². The lowest BCUT2D eigenvalue weighted by atomic mass is 9.96. The number of nitrogens with zero attached hydrogens (tertiary/aromatic N) is 1. The van der Waals surface area contributed by atoms with Gasteiger partial charge in [-0.1, -0.05) is 60.7 Å². The number of pyridine rings is 1. The maximum atomic E-state index is 12.5. The molecule has 1 aromatic heterocycles. The molecule has 6 nitrogen and oxygen atoms in total. The Kier molecular flexibility index (Phi) is 5.72. The van der Waals surface area contributed by atoms with Crippen LogP contribution in [0.5, 0.6) is 5.75 Å². The van der Waals surface area contributed by atoms with E-state index in [4.69, 9.17) is 19.4 Å². The Morgan fingerprint density at radius 2 is 1.37 bits per heavy atom. The summed E-state index contributed by atoms with van der Waals surface area (Å²) in [6, 6.07) is 22.3. The number of rotatable bonds is 2. The highest BCUT2D eigenvalue weighted by Crippen LogP contribution is 2.41. The van der Waals surface area contributed by atoms with Gasteiger partial charge in [-0.05, 0) is 12.1 Å². The molecule has 1 N–H and O–H groups in total. The number of ether oxygens (including phenoxy) is 2. The molecule has 0 saturated carbocycles. The highest BCUT2D eigenvalue weighted by atomic mass is 19.4. The van der Waals surface area contributed by atoms with Crippen LogP contribution in [0.4, 0.5) is 13.2 Å². The number of carboxylic acid groups (broad SMARTS) is 1. The van der Waals surface area contributed by atoms with Crippen molar-refractivity contribution in [2.75, 3.05) is 0 Å². The molecule has 0 amide bonds. The number of fused-ring (bicyclic) bond motifs is 1. The van der Waals surface area contributed by atoms with Crippen LogP contribution < -0.4 is 4.74 Å². The summed E-state index contributed by atoms with van der Waals surface area (Å²) in [5.41, 5.74) is 1.68. The van der Waals surface area contributed by atoms with Crippen LogP contribution in [0.2, 0.25) is 0 Å². The van der Waals surface area contributed by atoms with Crippen molar-refractivity contribution >= 4 is 11.9 Å². The number of hydrogen-bond donors (Lipinski definition) is 1. The predicted molar refractivity (Wildman–Crippen MR) is 97.6 cm³/mol. The number of hydrogen-bond acceptors (Lipinski definition) is 5. The van der Waals surface area contributed by atoms with Gasteiger partial charge in [0.25, 0.3) is 0 Å². The zero-order valence-corrected chi connectivity index (χ0v) is 15.2. The molecular weight excluding hydrogens is 403 g/mol. The normalized spacial score (nSPS) is 14.3. The van der Waals surface area contributed by atoms with E-state index < -0.39 is 23.9 Å². The maximum Gasteiger partial charge on any atom is 0.490 e. The van der Waals surface area contributed by atoms with Crippen molar-refractivity contribution in [1.82, 2.24) is 4.98 Å². The highest BCUT2D eigenvalue weighted by molar-refractivity contribution is 5.91. The second kappa shape index (κ2) is 8.24. The summed E-state index contributed by atoms with van der Waals surface area (Å²) in [4.78, 5) is 25.4. The molecule has 2 heterocycles. The maximum absolute atomic E-state index is 12.5. The largest absolute Gasteiger partial charge is 0.490 e. The summed E-state index contributed by atoms with van der Waals surface area (Å²) in [6.45, 7) is 0. The second-order valence-corrected chi connectivity index (χ2v) is 5.99. The molecular formula is C21H14F3NO5. The third-order valence-electron chi connectivity index (χ3n) is 4.00. The molecule has 0 aliphatic carbocycles. The fourth-order valence-corrected chi connectivity index (χ4v) is 2.70. The average molecular weight is 417 g/mol. The number of cyclic esters (lactones) is 1. The zero-order chi connectivity index (χ0) is 21.8. The fourth-order valence-electron chi connectivity index (χ4n) is 2.70.